The molecular weight excluding hydrogens is 400 g/mol. The topological polar surface area (TPSA) is 95.1 Å². The molecule has 0 saturated carbocycles. The highest BCUT2D eigenvalue weighted by Crippen LogP contribution is 2.41. The van der Waals surface area contributed by atoms with Crippen molar-refractivity contribution in [3.8, 4) is 17.2 Å². The monoisotopic (exact) mass is 426 g/mol. The molecule has 0 aromatic heterocycles. The lowest BCUT2D eigenvalue weighted by Gasteiger charge is -2.29. The molecule has 8 heteroatoms. The normalized spacial score (nSPS) is 15.6. The zero-order chi connectivity index (χ0) is 22.5. The predicted molar refractivity (Wildman–Crippen MR) is 114 cm³/mol. The van der Waals surface area contributed by atoms with E-state index in [1.807, 2.05) is 31.2 Å². The standard InChI is InChI=1S/C23H26N2O6/c1-13-6-8-15(9-7-13)12-31-22(26)19-14(2)24-23(27)25-20(19)16-10-17(28-3)21(30-5)18(11-16)29-4/h6-11,20H,12H2,1-5H3,(H2,24,25,27)/t20-/m1/s1. The number of nitrogens with one attached hydrogen (secondary N) is 2. The van der Waals surface area contributed by atoms with Crippen LogP contribution in [0, 0.1) is 6.92 Å². The summed E-state index contributed by atoms with van der Waals surface area (Å²) in [5.41, 5.74) is 3.29. The maximum atomic E-state index is 13.0. The second-order valence-corrected chi connectivity index (χ2v) is 7.09. The molecule has 0 fully saturated rings. The molecule has 2 amide bonds. The molecule has 1 aliphatic heterocycles. The number of hydrogen-bond donors (Lipinski definition) is 2. The van der Waals surface area contributed by atoms with Gasteiger partial charge in [0.15, 0.2) is 11.5 Å². The lowest BCUT2D eigenvalue weighted by molar-refractivity contribution is -0.140. The van der Waals surface area contributed by atoms with Crippen LogP contribution in [0.25, 0.3) is 0 Å². The number of esters is 1. The Morgan fingerprint density at radius 3 is 2.13 bits per heavy atom. The van der Waals surface area contributed by atoms with E-state index in [1.54, 1.807) is 19.1 Å². The van der Waals surface area contributed by atoms with E-state index in [4.69, 9.17) is 18.9 Å². The van der Waals surface area contributed by atoms with Crippen molar-refractivity contribution in [1.82, 2.24) is 10.6 Å². The minimum Gasteiger partial charge on any atom is -0.493 e. The summed E-state index contributed by atoms with van der Waals surface area (Å²) in [7, 11) is 4.50. The van der Waals surface area contributed by atoms with Crippen molar-refractivity contribution in [2.75, 3.05) is 21.3 Å². The maximum Gasteiger partial charge on any atom is 0.338 e. The Hall–Kier alpha value is -3.68. The quantitative estimate of drug-likeness (QED) is 0.659. The lowest BCUT2D eigenvalue weighted by atomic mass is 9.95. The van der Waals surface area contributed by atoms with Gasteiger partial charge in [-0.15, -0.1) is 0 Å². The molecule has 2 aromatic rings. The van der Waals surface area contributed by atoms with Crippen molar-refractivity contribution in [2.24, 2.45) is 0 Å². The number of amides is 2. The van der Waals surface area contributed by atoms with Gasteiger partial charge >= 0.3 is 12.0 Å². The zero-order valence-electron chi connectivity index (χ0n) is 18.2. The Morgan fingerprint density at radius 2 is 1.58 bits per heavy atom. The van der Waals surface area contributed by atoms with Gasteiger partial charge in [0.2, 0.25) is 5.75 Å². The molecule has 1 atom stereocenters. The highest BCUT2D eigenvalue weighted by atomic mass is 16.5. The summed E-state index contributed by atoms with van der Waals surface area (Å²) in [4.78, 5) is 25.2. The van der Waals surface area contributed by atoms with E-state index in [0.29, 0.717) is 34.1 Å². The highest BCUT2D eigenvalue weighted by molar-refractivity contribution is 5.95. The third kappa shape index (κ3) is 4.74. The van der Waals surface area contributed by atoms with E-state index in [9.17, 15) is 9.59 Å². The Morgan fingerprint density at radius 1 is 0.968 bits per heavy atom. The Bertz CT molecular complexity index is 988. The second kappa shape index (κ2) is 9.42. The first-order chi connectivity index (χ1) is 14.9. The molecule has 31 heavy (non-hydrogen) atoms. The largest absolute Gasteiger partial charge is 0.493 e. The number of carbonyl (C=O) groups excluding carboxylic acids is 2. The van der Waals surface area contributed by atoms with Crippen LogP contribution in [0.2, 0.25) is 0 Å². The first kappa shape index (κ1) is 22.0. The van der Waals surface area contributed by atoms with Crippen LogP contribution in [0.4, 0.5) is 4.79 Å². The number of urea groups is 1. The summed E-state index contributed by atoms with van der Waals surface area (Å²) < 4.78 is 21.7. The Kier molecular flexibility index (Phi) is 6.69. The van der Waals surface area contributed by atoms with Gasteiger partial charge in [-0.05, 0) is 37.1 Å². The average Bonchev–Trinajstić information content (AvgIpc) is 2.76. The van der Waals surface area contributed by atoms with Crippen molar-refractivity contribution >= 4 is 12.0 Å². The third-order valence-electron chi connectivity index (χ3n) is 5.00. The van der Waals surface area contributed by atoms with Gasteiger partial charge in [-0.3, -0.25) is 0 Å². The van der Waals surface area contributed by atoms with Crippen molar-refractivity contribution in [1.29, 1.82) is 0 Å². The maximum absolute atomic E-state index is 13.0. The molecule has 0 radical (unpaired) electrons. The molecule has 0 aliphatic carbocycles. The average molecular weight is 426 g/mol. The molecule has 0 spiro atoms. The van der Waals surface area contributed by atoms with Gasteiger partial charge in [-0.1, -0.05) is 29.8 Å². The van der Waals surface area contributed by atoms with Crippen molar-refractivity contribution < 1.29 is 28.5 Å². The van der Waals surface area contributed by atoms with Gasteiger partial charge in [0.1, 0.15) is 6.61 Å². The van der Waals surface area contributed by atoms with Crippen molar-refractivity contribution in [2.45, 2.75) is 26.5 Å². The second-order valence-electron chi connectivity index (χ2n) is 7.09. The zero-order valence-corrected chi connectivity index (χ0v) is 18.2. The SMILES string of the molecule is COc1cc([C@H]2NC(=O)NC(C)=C2C(=O)OCc2ccc(C)cc2)cc(OC)c1OC. The van der Waals surface area contributed by atoms with E-state index in [2.05, 4.69) is 10.6 Å². The highest BCUT2D eigenvalue weighted by Gasteiger charge is 2.33. The van der Waals surface area contributed by atoms with Gasteiger partial charge in [-0.2, -0.15) is 0 Å². The first-order valence-corrected chi connectivity index (χ1v) is 9.68. The summed E-state index contributed by atoms with van der Waals surface area (Å²) in [5.74, 6) is 0.701. The summed E-state index contributed by atoms with van der Waals surface area (Å²) >= 11 is 0. The summed E-state index contributed by atoms with van der Waals surface area (Å²) in [6.07, 6.45) is 0. The van der Waals surface area contributed by atoms with Crippen LogP contribution >= 0.6 is 0 Å². The van der Waals surface area contributed by atoms with E-state index < -0.39 is 18.0 Å². The van der Waals surface area contributed by atoms with Gasteiger partial charge in [-0.25, -0.2) is 9.59 Å². The third-order valence-corrected chi connectivity index (χ3v) is 5.00. The van der Waals surface area contributed by atoms with E-state index in [1.165, 1.54) is 21.3 Å². The van der Waals surface area contributed by atoms with E-state index in [0.717, 1.165) is 11.1 Å². The Balaban J connectivity index is 1.94. The fourth-order valence-electron chi connectivity index (χ4n) is 3.39. The summed E-state index contributed by atoms with van der Waals surface area (Å²) in [5, 5.41) is 5.42. The van der Waals surface area contributed by atoms with Gasteiger partial charge in [0.05, 0.1) is 32.9 Å². The van der Waals surface area contributed by atoms with E-state index in [-0.39, 0.29) is 6.61 Å². The van der Waals surface area contributed by atoms with Crippen LogP contribution in [0.1, 0.15) is 29.7 Å². The fourth-order valence-corrected chi connectivity index (χ4v) is 3.39. The molecule has 3 rings (SSSR count). The fraction of sp³-hybridized carbons (Fsp3) is 0.304. The van der Waals surface area contributed by atoms with Gasteiger partial charge in [0, 0.05) is 5.70 Å². The van der Waals surface area contributed by atoms with Crippen molar-refractivity contribution in [3.63, 3.8) is 0 Å². The van der Waals surface area contributed by atoms with Crippen LogP contribution in [0.5, 0.6) is 17.2 Å². The molecule has 0 saturated heterocycles. The number of ether oxygens (including phenoxy) is 4. The Labute approximate surface area is 181 Å². The van der Waals surface area contributed by atoms with Crippen LogP contribution in [-0.2, 0) is 16.1 Å². The van der Waals surface area contributed by atoms with E-state index >= 15 is 0 Å². The number of aryl methyl sites for hydroxylation is 1. The molecular formula is C23H26N2O6. The number of allylic oxidation sites excluding steroid dienone is 1. The molecule has 1 aliphatic rings. The first-order valence-electron chi connectivity index (χ1n) is 9.68. The number of benzene rings is 2. The molecule has 1 heterocycles. The number of rotatable bonds is 7. The molecule has 2 aromatic carbocycles. The molecule has 8 nitrogen and oxygen atoms in total. The summed E-state index contributed by atoms with van der Waals surface area (Å²) in [6.45, 7) is 3.76. The predicted octanol–water partition coefficient (Wildman–Crippen LogP) is 3.39. The lowest BCUT2D eigenvalue weighted by Crippen LogP contribution is -2.45. The number of methoxy groups -OCH3 is 3. The van der Waals surface area contributed by atoms with Crippen LogP contribution in [0.15, 0.2) is 47.7 Å². The number of hydrogen-bond acceptors (Lipinski definition) is 6. The van der Waals surface area contributed by atoms with Crippen molar-refractivity contribution in [3.05, 3.63) is 64.4 Å². The number of carbonyl (C=O) groups is 2. The van der Waals surface area contributed by atoms with Gasteiger partial charge in [0.25, 0.3) is 0 Å². The minimum atomic E-state index is -0.757. The van der Waals surface area contributed by atoms with Gasteiger partial charge < -0.3 is 29.6 Å². The van der Waals surface area contributed by atoms with Crippen LogP contribution in [-0.4, -0.2) is 33.3 Å². The molecule has 2 N–H and O–H groups in total. The smallest absolute Gasteiger partial charge is 0.338 e. The molecule has 164 valence electrons. The molecule has 0 unspecified atom stereocenters. The molecule has 0 bridgehead atoms. The van der Waals surface area contributed by atoms with Crippen LogP contribution in [0.3, 0.4) is 0 Å². The minimum absolute atomic E-state index is 0.117. The summed E-state index contributed by atoms with van der Waals surface area (Å²) in [6, 6.07) is 9.92. The van der Waals surface area contributed by atoms with Crippen LogP contribution < -0.4 is 24.8 Å².